The minimum Gasteiger partial charge on any atom is -0.366 e. The van der Waals surface area contributed by atoms with E-state index >= 15 is 0 Å². The molecule has 1 aliphatic rings. The van der Waals surface area contributed by atoms with Crippen molar-refractivity contribution >= 4 is 5.91 Å². The van der Waals surface area contributed by atoms with Crippen LogP contribution in [0.5, 0.6) is 0 Å². The molecule has 1 rings (SSSR count). The van der Waals surface area contributed by atoms with Crippen LogP contribution < -0.4 is 11.6 Å². The van der Waals surface area contributed by atoms with E-state index in [1.165, 1.54) is 6.42 Å². The Morgan fingerprint density at radius 3 is 2.33 bits per heavy atom. The molecule has 0 spiro atoms. The van der Waals surface area contributed by atoms with Crippen LogP contribution in [0, 0.1) is 0 Å². The predicted molar refractivity (Wildman–Crippen MR) is 43.7 cm³/mol. The quantitative estimate of drug-likeness (QED) is 0.546. The molecule has 1 fully saturated rings. The molecule has 5 nitrogen and oxygen atoms in total. The molecule has 5 heteroatoms. The minimum absolute atomic E-state index is 0.514. The average Bonchev–Trinajstić information content (AvgIpc) is 2.07. The summed E-state index contributed by atoms with van der Waals surface area (Å²) in [6, 6.07) is 0. The molecular weight excluding hydrogens is 158 g/mol. The maximum absolute atomic E-state index is 10.8. The third-order valence-corrected chi connectivity index (χ3v) is 2.09. The molecule has 0 radical (unpaired) electrons. The summed E-state index contributed by atoms with van der Waals surface area (Å²) < 4.78 is 0. The standard InChI is InChI=1S/C7H15N3O2/c8-6(11)7(12-9)10-4-2-1-3-5-10/h7H,1-5,9H2,(H2,8,11). The largest absolute Gasteiger partial charge is 0.366 e. The van der Waals surface area contributed by atoms with Gasteiger partial charge in [-0.25, -0.2) is 5.90 Å². The van der Waals surface area contributed by atoms with Crippen LogP contribution in [0.4, 0.5) is 0 Å². The molecule has 12 heavy (non-hydrogen) atoms. The summed E-state index contributed by atoms with van der Waals surface area (Å²) in [5.41, 5.74) is 5.09. The van der Waals surface area contributed by atoms with Gasteiger partial charge in [0.25, 0.3) is 5.91 Å². The molecule has 0 saturated carbocycles. The van der Waals surface area contributed by atoms with Crippen molar-refractivity contribution in [2.75, 3.05) is 13.1 Å². The number of carbonyl (C=O) groups is 1. The van der Waals surface area contributed by atoms with Gasteiger partial charge in [-0.2, -0.15) is 0 Å². The number of nitrogens with two attached hydrogens (primary N) is 2. The molecule has 1 saturated heterocycles. The maximum Gasteiger partial charge on any atom is 0.263 e. The van der Waals surface area contributed by atoms with E-state index in [9.17, 15) is 4.79 Å². The lowest BCUT2D eigenvalue weighted by Crippen LogP contribution is -2.49. The maximum atomic E-state index is 10.8. The molecule has 0 bridgehead atoms. The smallest absolute Gasteiger partial charge is 0.263 e. The highest BCUT2D eigenvalue weighted by atomic mass is 16.6. The third kappa shape index (κ3) is 2.17. The van der Waals surface area contributed by atoms with Gasteiger partial charge in [0, 0.05) is 13.1 Å². The van der Waals surface area contributed by atoms with Crippen molar-refractivity contribution in [1.82, 2.24) is 4.90 Å². The molecule has 1 amide bonds. The van der Waals surface area contributed by atoms with Crippen molar-refractivity contribution < 1.29 is 9.63 Å². The second kappa shape index (κ2) is 4.39. The molecule has 0 aliphatic carbocycles. The lowest BCUT2D eigenvalue weighted by molar-refractivity contribution is -0.145. The normalized spacial score (nSPS) is 22.1. The molecular formula is C7H15N3O2. The number of primary amides is 1. The fourth-order valence-electron chi connectivity index (χ4n) is 1.49. The number of amides is 1. The SMILES string of the molecule is NOC(C(N)=O)N1CCCCC1. The molecule has 4 N–H and O–H groups in total. The van der Waals surface area contributed by atoms with Crippen molar-refractivity contribution in [2.45, 2.75) is 25.5 Å². The molecule has 1 heterocycles. The Kier molecular flexibility index (Phi) is 3.46. The Morgan fingerprint density at radius 1 is 1.33 bits per heavy atom. The Bertz CT molecular complexity index is 157. The van der Waals surface area contributed by atoms with Gasteiger partial charge < -0.3 is 5.73 Å². The fourth-order valence-corrected chi connectivity index (χ4v) is 1.49. The number of hydrogen-bond acceptors (Lipinski definition) is 4. The van der Waals surface area contributed by atoms with Crippen LogP contribution in [-0.4, -0.2) is 30.1 Å². The highest BCUT2D eigenvalue weighted by molar-refractivity contribution is 5.78. The van der Waals surface area contributed by atoms with Crippen LogP contribution in [-0.2, 0) is 9.63 Å². The van der Waals surface area contributed by atoms with E-state index in [0.29, 0.717) is 0 Å². The van der Waals surface area contributed by atoms with E-state index in [2.05, 4.69) is 4.84 Å². The van der Waals surface area contributed by atoms with Crippen molar-refractivity contribution in [3.05, 3.63) is 0 Å². The van der Waals surface area contributed by atoms with Gasteiger partial charge in [-0.05, 0) is 12.8 Å². The first-order valence-electron chi connectivity index (χ1n) is 4.14. The van der Waals surface area contributed by atoms with E-state index in [1.54, 1.807) is 0 Å². The lowest BCUT2D eigenvalue weighted by Gasteiger charge is -2.30. The second-order valence-corrected chi connectivity index (χ2v) is 2.99. The summed E-state index contributed by atoms with van der Waals surface area (Å²) in [5.74, 6) is 4.45. The van der Waals surface area contributed by atoms with Gasteiger partial charge in [0.2, 0.25) is 6.23 Å². The molecule has 70 valence electrons. The summed E-state index contributed by atoms with van der Waals surface area (Å²) in [4.78, 5) is 17.2. The molecule has 0 aromatic heterocycles. The zero-order valence-electron chi connectivity index (χ0n) is 7.03. The number of likely N-dealkylation sites (tertiary alicyclic amines) is 1. The first-order chi connectivity index (χ1) is 5.75. The van der Waals surface area contributed by atoms with Crippen LogP contribution in [0.15, 0.2) is 0 Å². The number of nitrogens with zero attached hydrogens (tertiary/aromatic N) is 1. The lowest BCUT2D eigenvalue weighted by atomic mass is 10.1. The molecule has 1 unspecified atom stereocenters. The summed E-state index contributed by atoms with van der Waals surface area (Å²) in [5, 5.41) is 0. The van der Waals surface area contributed by atoms with Crippen LogP contribution in [0.2, 0.25) is 0 Å². The molecule has 1 aliphatic heterocycles. The summed E-state index contributed by atoms with van der Waals surface area (Å²) >= 11 is 0. The van der Waals surface area contributed by atoms with Crippen molar-refractivity contribution in [3.8, 4) is 0 Å². The van der Waals surface area contributed by atoms with Crippen LogP contribution in [0.25, 0.3) is 0 Å². The average molecular weight is 173 g/mol. The summed E-state index contributed by atoms with van der Waals surface area (Å²) in [6.45, 7) is 1.68. The van der Waals surface area contributed by atoms with E-state index in [1.807, 2.05) is 4.90 Å². The highest BCUT2D eigenvalue weighted by Gasteiger charge is 2.25. The first-order valence-corrected chi connectivity index (χ1v) is 4.14. The van der Waals surface area contributed by atoms with Crippen LogP contribution in [0.1, 0.15) is 19.3 Å². The van der Waals surface area contributed by atoms with Gasteiger partial charge in [-0.15, -0.1) is 0 Å². The van der Waals surface area contributed by atoms with Gasteiger partial charge >= 0.3 is 0 Å². The van der Waals surface area contributed by atoms with Crippen LogP contribution >= 0.6 is 0 Å². The predicted octanol–water partition coefficient (Wildman–Crippen LogP) is -0.826. The molecule has 0 aromatic carbocycles. The van der Waals surface area contributed by atoms with Crippen LogP contribution in [0.3, 0.4) is 0 Å². The Morgan fingerprint density at radius 2 is 1.92 bits per heavy atom. The van der Waals surface area contributed by atoms with Gasteiger partial charge in [-0.3, -0.25) is 14.5 Å². The van der Waals surface area contributed by atoms with Gasteiger partial charge in [0.05, 0.1) is 0 Å². The van der Waals surface area contributed by atoms with Gasteiger partial charge in [0.1, 0.15) is 0 Å². The van der Waals surface area contributed by atoms with Gasteiger partial charge in [0.15, 0.2) is 0 Å². The number of hydrogen-bond donors (Lipinski definition) is 2. The Labute approximate surface area is 71.6 Å². The zero-order valence-corrected chi connectivity index (χ0v) is 7.03. The van der Waals surface area contributed by atoms with E-state index in [4.69, 9.17) is 11.6 Å². The number of rotatable bonds is 3. The van der Waals surface area contributed by atoms with E-state index in [-0.39, 0.29) is 0 Å². The van der Waals surface area contributed by atoms with E-state index in [0.717, 1.165) is 25.9 Å². The summed E-state index contributed by atoms with van der Waals surface area (Å²) in [7, 11) is 0. The van der Waals surface area contributed by atoms with Gasteiger partial charge in [-0.1, -0.05) is 6.42 Å². The number of carbonyl (C=O) groups excluding carboxylic acids is 1. The number of piperidine rings is 1. The second-order valence-electron chi connectivity index (χ2n) is 2.99. The Balaban J connectivity index is 2.46. The monoisotopic (exact) mass is 173 g/mol. The third-order valence-electron chi connectivity index (χ3n) is 2.09. The summed E-state index contributed by atoms with van der Waals surface area (Å²) in [6.07, 6.45) is 2.61. The fraction of sp³-hybridized carbons (Fsp3) is 0.857. The molecule has 1 atom stereocenters. The van der Waals surface area contributed by atoms with E-state index < -0.39 is 12.1 Å². The first kappa shape index (κ1) is 9.44. The Hall–Kier alpha value is -0.650. The minimum atomic E-state index is -0.745. The molecule has 0 aromatic rings. The zero-order chi connectivity index (χ0) is 8.97. The van der Waals surface area contributed by atoms with Crippen molar-refractivity contribution in [1.29, 1.82) is 0 Å². The van der Waals surface area contributed by atoms with Crippen molar-refractivity contribution in [3.63, 3.8) is 0 Å². The van der Waals surface area contributed by atoms with Crippen molar-refractivity contribution in [2.24, 2.45) is 11.6 Å². The topological polar surface area (TPSA) is 81.6 Å². The highest BCUT2D eigenvalue weighted by Crippen LogP contribution is 2.11.